The molecule has 3 N–H and O–H groups in total. The topological polar surface area (TPSA) is 60.7 Å². The fraction of sp³-hybridized carbons (Fsp3) is 0.724. The molecule has 0 spiro atoms. The lowest BCUT2D eigenvalue weighted by Crippen LogP contribution is -2.35. The van der Waals surface area contributed by atoms with Gasteiger partial charge in [0.05, 0.1) is 17.8 Å². The summed E-state index contributed by atoms with van der Waals surface area (Å²) in [6, 6.07) is 0. The maximum absolute atomic E-state index is 10.1. The van der Waals surface area contributed by atoms with Gasteiger partial charge < -0.3 is 15.3 Å². The molecule has 0 aromatic rings. The number of allylic oxidation sites excluding steroid dienone is 5. The van der Waals surface area contributed by atoms with Gasteiger partial charge >= 0.3 is 0 Å². The van der Waals surface area contributed by atoms with Crippen molar-refractivity contribution in [3.8, 4) is 0 Å². The standard InChI is InChI=1S/C29H46O3/c1-20(10-7-6-8-16-28(3,4)32)25-14-15-26-22(11-9-17-29(25,26)5)12-13-23-18-24(30)19-27(31)21(23)2/h7,10,12-13,20,24-27,30-32H,2,6,8-9,11,14-19H2,1,3-5H3/t20-,24-,25-,26+,27+,29-/m1/s1. The molecule has 6 atom stereocenters. The Kier molecular flexibility index (Phi) is 8.28. The zero-order chi connectivity index (χ0) is 23.5. The summed E-state index contributed by atoms with van der Waals surface area (Å²) in [6.07, 6.45) is 18.3. The van der Waals surface area contributed by atoms with Crippen molar-refractivity contribution in [3.05, 3.63) is 47.6 Å². The van der Waals surface area contributed by atoms with Crippen molar-refractivity contribution in [3.63, 3.8) is 0 Å². The smallest absolute Gasteiger partial charge is 0.0811 e. The highest BCUT2D eigenvalue weighted by Crippen LogP contribution is 2.59. The lowest BCUT2D eigenvalue weighted by atomic mass is 9.61. The van der Waals surface area contributed by atoms with Gasteiger partial charge in [-0.25, -0.2) is 0 Å². The second kappa shape index (κ2) is 10.4. The van der Waals surface area contributed by atoms with Crippen molar-refractivity contribution in [2.24, 2.45) is 23.2 Å². The highest BCUT2D eigenvalue weighted by molar-refractivity contribution is 5.38. The van der Waals surface area contributed by atoms with E-state index in [0.717, 1.165) is 36.8 Å². The molecule has 0 amide bonds. The molecule has 0 aromatic heterocycles. The third-order valence-electron chi connectivity index (χ3n) is 8.54. The van der Waals surface area contributed by atoms with Crippen LogP contribution < -0.4 is 0 Å². The predicted octanol–water partition coefficient (Wildman–Crippen LogP) is 6.26. The van der Waals surface area contributed by atoms with Gasteiger partial charge in [0, 0.05) is 6.42 Å². The van der Waals surface area contributed by atoms with Gasteiger partial charge in [-0.1, -0.05) is 50.3 Å². The van der Waals surface area contributed by atoms with E-state index in [1.165, 1.54) is 25.7 Å². The summed E-state index contributed by atoms with van der Waals surface area (Å²) in [7, 11) is 0. The molecular formula is C29H46O3. The summed E-state index contributed by atoms with van der Waals surface area (Å²) in [5, 5.41) is 30.1. The van der Waals surface area contributed by atoms with Gasteiger partial charge in [-0.3, -0.25) is 0 Å². The minimum absolute atomic E-state index is 0.349. The van der Waals surface area contributed by atoms with E-state index in [9.17, 15) is 15.3 Å². The number of aliphatic hydroxyl groups is 3. The van der Waals surface area contributed by atoms with Gasteiger partial charge in [0.2, 0.25) is 0 Å². The van der Waals surface area contributed by atoms with Crippen LogP contribution in [0.4, 0.5) is 0 Å². The number of unbranched alkanes of at least 4 members (excludes halogenated alkanes) is 1. The summed E-state index contributed by atoms with van der Waals surface area (Å²) in [5.41, 5.74) is 3.12. The molecule has 3 saturated carbocycles. The van der Waals surface area contributed by atoms with Gasteiger partial charge in [0.25, 0.3) is 0 Å². The predicted molar refractivity (Wildman–Crippen MR) is 133 cm³/mol. The normalized spacial score (nSPS) is 37.4. The van der Waals surface area contributed by atoms with E-state index in [2.05, 4.69) is 44.7 Å². The molecule has 3 heteroatoms. The Morgan fingerprint density at radius 1 is 1.22 bits per heavy atom. The summed E-state index contributed by atoms with van der Waals surface area (Å²) in [6.45, 7) is 12.7. The fourth-order valence-corrected chi connectivity index (χ4v) is 6.71. The molecule has 3 aliphatic carbocycles. The molecule has 180 valence electrons. The van der Waals surface area contributed by atoms with Crippen molar-refractivity contribution < 1.29 is 15.3 Å². The molecule has 0 saturated heterocycles. The van der Waals surface area contributed by atoms with Gasteiger partial charge in [-0.15, -0.1) is 0 Å². The highest BCUT2D eigenvalue weighted by Gasteiger charge is 2.50. The van der Waals surface area contributed by atoms with Crippen LogP contribution in [0.5, 0.6) is 0 Å². The minimum atomic E-state index is -0.619. The van der Waals surface area contributed by atoms with Crippen molar-refractivity contribution in [2.75, 3.05) is 0 Å². The molecule has 0 bridgehead atoms. The van der Waals surface area contributed by atoms with Gasteiger partial charge in [0.15, 0.2) is 0 Å². The molecule has 0 unspecified atom stereocenters. The van der Waals surface area contributed by atoms with Crippen LogP contribution in [0.2, 0.25) is 0 Å². The number of aliphatic hydroxyl groups excluding tert-OH is 2. The zero-order valence-electron chi connectivity index (χ0n) is 20.8. The highest BCUT2D eigenvalue weighted by atomic mass is 16.3. The summed E-state index contributed by atoms with van der Waals surface area (Å²) < 4.78 is 0. The van der Waals surface area contributed by atoms with Crippen LogP contribution in [0.15, 0.2) is 47.6 Å². The Labute approximate surface area is 196 Å². The Balaban J connectivity index is 1.66. The van der Waals surface area contributed by atoms with Crippen molar-refractivity contribution >= 4 is 0 Å². The Hall–Kier alpha value is -1.16. The lowest BCUT2D eigenvalue weighted by molar-refractivity contribution is 0.0691. The van der Waals surface area contributed by atoms with Gasteiger partial charge in [0.1, 0.15) is 0 Å². The monoisotopic (exact) mass is 442 g/mol. The van der Waals surface area contributed by atoms with E-state index in [1.54, 1.807) is 5.57 Å². The van der Waals surface area contributed by atoms with Crippen LogP contribution in [0.1, 0.15) is 91.9 Å². The van der Waals surface area contributed by atoms with Crippen LogP contribution in [-0.4, -0.2) is 33.1 Å². The first-order chi connectivity index (χ1) is 15.0. The largest absolute Gasteiger partial charge is 0.393 e. The van der Waals surface area contributed by atoms with Gasteiger partial charge in [-0.05, 0) is 106 Å². The molecule has 3 aliphatic rings. The van der Waals surface area contributed by atoms with E-state index in [4.69, 9.17) is 0 Å². The Morgan fingerprint density at radius 2 is 1.97 bits per heavy atom. The van der Waals surface area contributed by atoms with E-state index >= 15 is 0 Å². The number of fused-ring (bicyclic) bond motifs is 1. The molecule has 0 aromatic carbocycles. The van der Waals surface area contributed by atoms with Gasteiger partial charge in [-0.2, -0.15) is 0 Å². The first kappa shape index (κ1) is 25.5. The molecule has 3 nitrogen and oxygen atoms in total. The Morgan fingerprint density at radius 3 is 2.69 bits per heavy atom. The van der Waals surface area contributed by atoms with Crippen LogP contribution in [0, 0.1) is 23.2 Å². The zero-order valence-corrected chi connectivity index (χ0v) is 20.8. The molecule has 3 rings (SSSR count). The number of hydrogen-bond acceptors (Lipinski definition) is 3. The van der Waals surface area contributed by atoms with Crippen LogP contribution in [0.3, 0.4) is 0 Å². The van der Waals surface area contributed by atoms with E-state index < -0.39 is 17.8 Å². The fourth-order valence-electron chi connectivity index (χ4n) is 6.71. The minimum Gasteiger partial charge on any atom is -0.393 e. The van der Waals surface area contributed by atoms with Crippen molar-refractivity contribution in [1.82, 2.24) is 0 Å². The lowest BCUT2D eigenvalue weighted by Gasteiger charge is -2.44. The van der Waals surface area contributed by atoms with Crippen molar-refractivity contribution in [1.29, 1.82) is 0 Å². The average Bonchev–Trinajstić information content (AvgIpc) is 3.06. The number of rotatable bonds is 7. The van der Waals surface area contributed by atoms with Crippen LogP contribution >= 0.6 is 0 Å². The average molecular weight is 443 g/mol. The summed E-state index contributed by atoms with van der Waals surface area (Å²) >= 11 is 0. The Bertz CT molecular complexity index is 753. The SMILES string of the molecule is C=C1C(=CC=C2CCC[C@]3(C)[C@@H]([C@H](C)C=CCCCC(C)(C)O)CC[C@@H]23)C[C@@H](O)C[C@@H]1O. The molecule has 32 heavy (non-hydrogen) atoms. The third-order valence-corrected chi connectivity index (χ3v) is 8.54. The quantitative estimate of drug-likeness (QED) is 0.322. The van der Waals surface area contributed by atoms with Crippen LogP contribution in [0.25, 0.3) is 0 Å². The molecular weight excluding hydrogens is 396 g/mol. The van der Waals surface area contributed by atoms with E-state index in [-0.39, 0.29) is 0 Å². The molecule has 0 aliphatic heterocycles. The van der Waals surface area contributed by atoms with E-state index in [0.29, 0.717) is 36.0 Å². The number of hydrogen-bond donors (Lipinski definition) is 3. The van der Waals surface area contributed by atoms with Crippen molar-refractivity contribution in [2.45, 2.75) is 110 Å². The molecule has 3 fully saturated rings. The maximum atomic E-state index is 10.1. The van der Waals surface area contributed by atoms with E-state index in [1.807, 2.05) is 13.8 Å². The first-order valence-corrected chi connectivity index (χ1v) is 12.8. The van der Waals surface area contributed by atoms with Crippen LogP contribution in [-0.2, 0) is 0 Å². The first-order valence-electron chi connectivity index (χ1n) is 12.8. The molecule has 0 radical (unpaired) electrons. The maximum Gasteiger partial charge on any atom is 0.0811 e. The molecule has 0 heterocycles. The summed E-state index contributed by atoms with van der Waals surface area (Å²) in [4.78, 5) is 0. The second-order valence-corrected chi connectivity index (χ2v) is 11.7. The summed E-state index contributed by atoms with van der Waals surface area (Å²) in [5.74, 6) is 1.92. The second-order valence-electron chi connectivity index (χ2n) is 11.7. The third kappa shape index (κ3) is 6.04.